The average Bonchev–Trinajstić information content (AvgIpc) is 3.18. The summed E-state index contributed by atoms with van der Waals surface area (Å²) in [5.41, 5.74) is 3.54. The van der Waals surface area contributed by atoms with Crippen molar-refractivity contribution in [1.82, 2.24) is 5.32 Å². The van der Waals surface area contributed by atoms with Gasteiger partial charge in [0.1, 0.15) is 11.6 Å². The summed E-state index contributed by atoms with van der Waals surface area (Å²) in [4.78, 5) is 24.0. The second kappa shape index (κ2) is 7.31. The van der Waals surface area contributed by atoms with Crippen molar-refractivity contribution < 1.29 is 18.4 Å². The molecule has 2 amide bonds. The van der Waals surface area contributed by atoms with E-state index in [0.717, 1.165) is 16.8 Å². The van der Waals surface area contributed by atoms with Crippen LogP contribution in [0.1, 0.15) is 41.1 Å². The van der Waals surface area contributed by atoms with Gasteiger partial charge in [-0.2, -0.15) is 0 Å². The van der Waals surface area contributed by atoms with Gasteiger partial charge in [-0.25, -0.2) is 4.39 Å². The van der Waals surface area contributed by atoms with Crippen molar-refractivity contribution in [3.05, 3.63) is 77.3 Å². The third-order valence-corrected chi connectivity index (χ3v) is 4.83. The maximum absolute atomic E-state index is 13.0. The zero-order valence-electron chi connectivity index (χ0n) is 15.3. The first-order chi connectivity index (χ1) is 13.5. The summed E-state index contributed by atoms with van der Waals surface area (Å²) in [5.74, 6) is 0.0636. The van der Waals surface area contributed by atoms with Crippen LogP contribution in [0, 0.1) is 5.82 Å². The fourth-order valence-electron chi connectivity index (χ4n) is 3.25. The van der Waals surface area contributed by atoms with Crippen LogP contribution in [0.5, 0.6) is 0 Å². The molecule has 1 aromatic heterocycles. The van der Waals surface area contributed by atoms with E-state index < -0.39 is 0 Å². The minimum atomic E-state index is -0.327. The Hall–Kier alpha value is -3.41. The minimum absolute atomic E-state index is 0.0244. The first kappa shape index (κ1) is 18.0. The topological polar surface area (TPSA) is 71.3 Å². The van der Waals surface area contributed by atoms with Crippen LogP contribution in [-0.4, -0.2) is 11.8 Å². The molecular weight excluding hydrogens is 359 g/mol. The smallest absolute Gasteiger partial charge is 0.287 e. The van der Waals surface area contributed by atoms with E-state index in [4.69, 9.17) is 4.42 Å². The molecule has 0 bridgehead atoms. The molecule has 4 rings (SSSR count). The number of aryl methyl sites for hydroxylation is 1. The maximum Gasteiger partial charge on any atom is 0.287 e. The fraction of sp³-hybridized carbons (Fsp3) is 0.182. The SMILES string of the molecule is CC(NC(=O)c1ccc(-c2ccc(F)cc2)o1)c1ccc2c(c1)CCC(=O)N2. The maximum atomic E-state index is 13.0. The Balaban J connectivity index is 1.46. The molecule has 142 valence electrons. The lowest BCUT2D eigenvalue weighted by Crippen LogP contribution is -2.26. The van der Waals surface area contributed by atoms with Gasteiger partial charge in [0, 0.05) is 17.7 Å². The van der Waals surface area contributed by atoms with Crippen LogP contribution in [0.2, 0.25) is 0 Å². The predicted molar refractivity (Wildman–Crippen MR) is 103 cm³/mol. The summed E-state index contributed by atoms with van der Waals surface area (Å²) >= 11 is 0. The van der Waals surface area contributed by atoms with E-state index in [1.54, 1.807) is 24.3 Å². The van der Waals surface area contributed by atoms with Crippen LogP contribution in [0.4, 0.5) is 10.1 Å². The molecule has 1 aliphatic heterocycles. The van der Waals surface area contributed by atoms with Gasteiger partial charge in [0.2, 0.25) is 5.91 Å². The lowest BCUT2D eigenvalue weighted by molar-refractivity contribution is -0.116. The number of anilines is 1. The van der Waals surface area contributed by atoms with Crippen LogP contribution in [0.3, 0.4) is 0 Å². The summed E-state index contributed by atoms with van der Waals surface area (Å²) in [6.45, 7) is 1.89. The van der Waals surface area contributed by atoms with Gasteiger partial charge in [0.05, 0.1) is 6.04 Å². The highest BCUT2D eigenvalue weighted by Crippen LogP contribution is 2.27. The molecule has 0 saturated heterocycles. The summed E-state index contributed by atoms with van der Waals surface area (Å²) < 4.78 is 18.7. The Morgan fingerprint density at radius 1 is 1.11 bits per heavy atom. The molecule has 0 aliphatic carbocycles. The minimum Gasteiger partial charge on any atom is -0.451 e. The van der Waals surface area contributed by atoms with E-state index >= 15 is 0 Å². The average molecular weight is 378 g/mol. The number of halogens is 1. The van der Waals surface area contributed by atoms with Crippen molar-refractivity contribution in [3.8, 4) is 11.3 Å². The number of amides is 2. The molecule has 3 aromatic rings. The molecule has 1 unspecified atom stereocenters. The highest BCUT2D eigenvalue weighted by molar-refractivity contribution is 5.94. The van der Waals surface area contributed by atoms with E-state index in [9.17, 15) is 14.0 Å². The second-order valence-corrected chi connectivity index (χ2v) is 6.83. The zero-order valence-corrected chi connectivity index (χ0v) is 15.3. The summed E-state index contributed by atoms with van der Waals surface area (Å²) in [6.07, 6.45) is 1.16. The number of fused-ring (bicyclic) bond motifs is 1. The number of furan rings is 1. The van der Waals surface area contributed by atoms with Gasteiger partial charge < -0.3 is 15.1 Å². The lowest BCUT2D eigenvalue weighted by Gasteiger charge is -2.20. The van der Waals surface area contributed by atoms with Gasteiger partial charge in [0.15, 0.2) is 5.76 Å². The van der Waals surface area contributed by atoms with Crippen LogP contribution in [0.25, 0.3) is 11.3 Å². The third kappa shape index (κ3) is 3.67. The van der Waals surface area contributed by atoms with Gasteiger partial charge in [0.25, 0.3) is 5.91 Å². The Morgan fingerprint density at radius 2 is 1.89 bits per heavy atom. The van der Waals surface area contributed by atoms with Crippen LogP contribution < -0.4 is 10.6 Å². The Kier molecular flexibility index (Phi) is 4.69. The summed E-state index contributed by atoms with van der Waals surface area (Å²) in [7, 11) is 0. The molecular formula is C22H19FN2O3. The molecule has 0 spiro atoms. The number of benzene rings is 2. The second-order valence-electron chi connectivity index (χ2n) is 6.83. The third-order valence-electron chi connectivity index (χ3n) is 4.83. The monoisotopic (exact) mass is 378 g/mol. The Bertz CT molecular complexity index is 1040. The normalized spacial score (nSPS) is 14.1. The molecule has 1 aliphatic rings. The van der Waals surface area contributed by atoms with Gasteiger partial charge in [-0.05, 0) is 66.9 Å². The van der Waals surface area contributed by atoms with Crippen molar-refractivity contribution in [2.24, 2.45) is 0 Å². The standard InChI is InChI=1S/C22H19FN2O3/c1-13(15-4-8-18-16(12-15)5-11-21(26)25-18)24-22(27)20-10-9-19(28-20)14-2-6-17(23)7-3-14/h2-4,6-10,12-13H,5,11H2,1H3,(H,24,27)(H,25,26). The molecule has 0 fully saturated rings. The molecule has 6 heteroatoms. The van der Waals surface area contributed by atoms with Gasteiger partial charge >= 0.3 is 0 Å². The quantitative estimate of drug-likeness (QED) is 0.704. The van der Waals surface area contributed by atoms with Crippen molar-refractivity contribution in [2.75, 3.05) is 5.32 Å². The van der Waals surface area contributed by atoms with Crippen molar-refractivity contribution in [1.29, 1.82) is 0 Å². The van der Waals surface area contributed by atoms with Crippen molar-refractivity contribution in [3.63, 3.8) is 0 Å². The molecule has 28 heavy (non-hydrogen) atoms. The van der Waals surface area contributed by atoms with E-state index in [-0.39, 0.29) is 29.4 Å². The van der Waals surface area contributed by atoms with Crippen molar-refractivity contribution in [2.45, 2.75) is 25.8 Å². The zero-order chi connectivity index (χ0) is 19.7. The number of nitrogens with one attached hydrogen (secondary N) is 2. The molecule has 0 saturated carbocycles. The van der Waals surface area contributed by atoms with Crippen LogP contribution in [0.15, 0.2) is 59.0 Å². The molecule has 1 atom stereocenters. The largest absolute Gasteiger partial charge is 0.451 e. The molecule has 2 heterocycles. The number of rotatable bonds is 4. The number of hydrogen-bond donors (Lipinski definition) is 2. The molecule has 2 N–H and O–H groups in total. The number of carbonyl (C=O) groups excluding carboxylic acids is 2. The van der Waals surface area contributed by atoms with Gasteiger partial charge in [-0.3, -0.25) is 9.59 Å². The molecule has 2 aromatic carbocycles. The highest BCUT2D eigenvalue weighted by atomic mass is 19.1. The summed E-state index contributed by atoms with van der Waals surface area (Å²) in [6, 6.07) is 14.7. The first-order valence-corrected chi connectivity index (χ1v) is 9.09. The molecule has 5 nitrogen and oxygen atoms in total. The van der Waals surface area contributed by atoms with E-state index in [0.29, 0.717) is 24.2 Å². The highest BCUT2D eigenvalue weighted by Gasteiger charge is 2.19. The van der Waals surface area contributed by atoms with E-state index in [2.05, 4.69) is 10.6 Å². The van der Waals surface area contributed by atoms with Crippen LogP contribution >= 0.6 is 0 Å². The number of hydrogen-bond acceptors (Lipinski definition) is 3. The Labute approximate surface area is 161 Å². The molecule has 0 radical (unpaired) electrons. The lowest BCUT2D eigenvalue weighted by atomic mass is 9.98. The van der Waals surface area contributed by atoms with Crippen molar-refractivity contribution >= 4 is 17.5 Å². The summed E-state index contributed by atoms with van der Waals surface area (Å²) in [5, 5.41) is 5.77. The van der Waals surface area contributed by atoms with Gasteiger partial charge in [-0.15, -0.1) is 0 Å². The fourth-order valence-corrected chi connectivity index (χ4v) is 3.25. The van der Waals surface area contributed by atoms with E-state index in [1.807, 2.05) is 25.1 Å². The first-order valence-electron chi connectivity index (χ1n) is 9.09. The predicted octanol–water partition coefficient (Wildman–Crippen LogP) is 4.46. The van der Waals surface area contributed by atoms with E-state index in [1.165, 1.54) is 12.1 Å². The Morgan fingerprint density at radius 3 is 2.68 bits per heavy atom. The van der Waals surface area contributed by atoms with Crippen LogP contribution in [-0.2, 0) is 11.2 Å². The van der Waals surface area contributed by atoms with Gasteiger partial charge in [-0.1, -0.05) is 12.1 Å². The number of carbonyl (C=O) groups is 2.